The highest BCUT2D eigenvalue weighted by atomic mass is 16.4. The first-order valence-electron chi connectivity index (χ1n) is 13.5. The van der Waals surface area contributed by atoms with Gasteiger partial charge >= 0.3 is 5.97 Å². The van der Waals surface area contributed by atoms with Gasteiger partial charge in [0.1, 0.15) is 6.04 Å². The van der Waals surface area contributed by atoms with Gasteiger partial charge in [-0.05, 0) is 45.2 Å². The topological polar surface area (TPSA) is 92.2 Å². The lowest BCUT2D eigenvalue weighted by Gasteiger charge is -2.19. The molecule has 0 bridgehead atoms. The number of hydrogen-bond acceptors (Lipinski definition) is 4. The number of carboxylic acid groups (broad SMARTS) is 1. The van der Waals surface area contributed by atoms with E-state index in [9.17, 15) is 14.7 Å². The number of carbonyl (C=O) groups is 2. The van der Waals surface area contributed by atoms with Crippen LogP contribution in [0.1, 0.15) is 68.6 Å². The molecule has 0 spiro atoms. The van der Waals surface area contributed by atoms with Crippen molar-refractivity contribution in [1.29, 1.82) is 0 Å². The Morgan fingerprint density at radius 3 is 1.90 bits per heavy atom. The highest BCUT2D eigenvalue weighted by Gasteiger charge is 2.22. The van der Waals surface area contributed by atoms with Crippen LogP contribution in [-0.4, -0.2) is 33.0 Å². The van der Waals surface area contributed by atoms with Crippen molar-refractivity contribution in [2.75, 3.05) is 0 Å². The van der Waals surface area contributed by atoms with Gasteiger partial charge in [-0.15, -0.1) is 0 Å². The molecule has 0 saturated carbocycles. The Morgan fingerprint density at radius 1 is 0.750 bits per heavy atom. The van der Waals surface area contributed by atoms with Crippen molar-refractivity contribution >= 4 is 11.9 Å². The number of amides is 1. The minimum atomic E-state index is -1.09. The Labute approximate surface area is 236 Å². The zero-order valence-electron chi connectivity index (χ0n) is 24.0. The number of rotatable bonds is 7. The molecule has 6 heteroatoms. The summed E-state index contributed by atoms with van der Waals surface area (Å²) in [6, 6.07) is 22.1. The van der Waals surface area contributed by atoms with Crippen LogP contribution >= 0.6 is 0 Å². The maximum atomic E-state index is 12.8. The minimum absolute atomic E-state index is 0.0318. The third-order valence-electron chi connectivity index (χ3n) is 6.98. The van der Waals surface area contributed by atoms with Crippen molar-refractivity contribution in [2.24, 2.45) is 0 Å². The van der Waals surface area contributed by atoms with E-state index in [1.165, 1.54) is 5.56 Å². The molecule has 4 aromatic rings. The molecular weight excluding hydrogens is 498 g/mol. The summed E-state index contributed by atoms with van der Waals surface area (Å²) in [6.45, 7) is 12.9. The van der Waals surface area contributed by atoms with Crippen molar-refractivity contribution in [1.82, 2.24) is 15.3 Å². The lowest BCUT2D eigenvalue weighted by Crippen LogP contribution is -2.42. The molecule has 1 heterocycles. The van der Waals surface area contributed by atoms with E-state index in [2.05, 4.69) is 81.1 Å². The minimum Gasteiger partial charge on any atom is -0.480 e. The SMILES string of the molecule is CC(C)(C)c1ccc(C(=O)NC(Cc2ccc(-c3ncc(-c4cccc(C(C)(C)C)c4)cn3)cc2)C(=O)O)cc1. The lowest BCUT2D eigenvalue weighted by atomic mass is 9.86. The first kappa shape index (κ1) is 28.7. The maximum Gasteiger partial charge on any atom is 0.326 e. The monoisotopic (exact) mass is 535 g/mol. The molecule has 0 aliphatic carbocycles. The number of aliphatic carboxylic acids is 1. The van der Waals surface area contributed by atoms with Gasteiger partial charge in [0.25, 0.3) is 5.91 Å². The van der Waals surface area contributed by atoms with E-state index in [0.717, 1.165) is 27.8 Å². The Balaban J connectivity index is 1.43. The van der Waals surface area contributed by atoms with Crippen LogP contribution in [0.25, 0.3) is 22.5 Å². The van der Waals surface area contributed by atoms with Crippen LogP contribution in [0.15, 0.2) is 85.2 Å². The Morgan fingerprint density at radius 2 is 1.35 bits per heavy atom. The van der Waals surface area contributed by atoms with E-state index >= 15 is 0 Å². The molecular formula is C34H37N3O3. The molecule has 0 radical (unpaired) electrons. The fourth-order valence-electron chi connectivity index (χ4n) is 4.38. The Bertz CT molecular complexity index is 1480. The summed E-state index contributed by atoms with van der Waals surface area (Å²) in [5.41, 5.74) is 6.44. The van der Waals surface area contributed by atoms with Gasteiger partial charge in [-0.3, -0.25) is 4.79 Å². The number of aromatic nitrogens is 2. The molecule has 4 rings (SSSR count). The second-order valence-corrected chi connectivity index (χ2v) is 12.2. The fourth-order valence-corrected chi connectivity index (χ4v) is 4.38. The molecule has 6 nitrogen and oxygen atoms in total. The van der Waals surface area contributed by atoms with Gasteiger partial charge in [-0.2, -0.15) is 0 Å². The third kappa shape index (κ3) is 7.00. The van der Waals surface area contributed by atoms with E-state index < -0.39 is 17.9 Å². The average molecular weight is 536 g/mol. The molecule has 206 valence electrons. The number of benzene rings is 3. The smallest absolute Gasteiger partial charge is 0.326 e. The predicted molar refractivity (Wildman–Crippen MR) is 159 cm³/mol. The molecule has 1 unspecified atom stereocenters. The molecule has 40 heavy (non-hydrogen) atoms. The van der Waals surface area contributed by atoms with E-state index in [1.807, 2.05) is 48.8 Å². The van der Waals surface area contributed by atoms with Crippen molar-refractivity contribution in [3.05, 3.63) is 107 Å². The third-order valence-corrected chi connectivity index (χ3v) is 6.98. The first-order chi connectivity index (χ1) is 18.8. The van der Waals surface area contributed by atoms with E-state index in [-0.39, 0.29) is 17.3 Å². The second-order valence-electron chi connectivity index (χ2n) is 12.2. The molecule has 1 aromatic heterocycles. The zero-order chi connectivity index (χ0) is 29.1. The largest absolute Gasteiger partial charge is 0.480 e. The first-order valence-corrected chi connectivity index (χ1v) is 13.5. The fraction of sp³-hybridized carbons (Fsp3) is 0.294. The van der Waals surface area contributed by atoms with Crippen LogP contribution in [0.2, 0.25) is 0 Å². The van der Waals surface area contributed by atoms with Gasteiger partial charge in [0.05, 0.1) is 0 Å². The summed E-state index contributed by atoms with van der Waals surface area (Å²) in [7, 11) is 0. The van der Waals surface area contributed by atoms with Crippen molar-refractivity contribution in [2.45, 2.75) is 64.8 Å². The average Bonchev–Trinajstić information content (AvgIpc) is 2.92. The normalized spacial score (nSPS) is 12.6. The van der Waals surface area contributed by atoms with Crippen LogP contribution in [0, 0.1) is 0 Å². The molecule has 2 N–H and O–H groups in total. The number of hydrogen-bond donors (Lipinski definition) is 2. The highest BCUT2D eigenvalue weighted by molar-refractivity contribution is 5.96. The molecule has 0 aliphatic heterocycles. The summed E-state index contributed by atoms with van der Waals surface area (Å²) < 4.78 is 0. The molecule has 1 amide bonds. The second kappa shape index (κ2) is 11.4. The van der Waals surface area contributed by atoms with Gasteiger partial charge in [-0.25, -0.2) is 14.8 Å². The van der Waals surface area contributed by atoms with Gasteiger partial charge in [0, 0.05) is 35.5 Å². The standard InChI is InChI=1S/C34H37N3O3/c1-33(2,3)27-16-14-24(15-17-27)31(38)37-29(32(39)40)18-22-10-12-23(13-11-22)30-35-20-26(21-36-30)25-8-7-9-28(19-25)34(4,5)6/h7-17,19-21,29H,18H2,1-6H3,(H,37,38)(H,39,40). The number of nitrogens with one attached hydrogen (secondary N) is 1. The van der Waals surface area contributed by atoms with Crippen LogP contribution in [-0.2, 0) is 22.0 Å². The molecule has 1 atom stereocenters. The van der Waals surface area contributed by atoms with E-state index in [1.54, 1.807) is 12.1 Å². The van der Waals surface area contributed by atoms with Gasteiger partial charge in [0.2, 0.25) is 0 Å². The Hall–Kier alpha value is -4.32. The quantitative estimate of drug-likeness (QED) is 0.271. The summed E-state index contributed by atoms with van der Waals surface area (Å²) in [4.78, 5) is 33.8. The van der Waals surface area contributed by atoms with Crippen LogP contribution < -0.4 is 5.32 Å². The predicted octanol–water partition coefficient (Wildman–Crippen LogP) is 6.83. The summed E-state index contributed by atoms with van der Waals surface area (Å²) in [5, 5.41) is 12.4. The van der Waals surface area contributed by atoms with Crippen molar-refractivity contribution < 1.29 is 14.7 Å². The molecule has 0 fully saturated rings. The summed E-state index contributed by atoms with van der Waals surface area (Å²) >= 11 is 0. The van der Waals surface area contributed by atoms with E-state index in [0.29, 0.717) is 11.4 Å². The Kier molecular flexibility index (Phi) is 8.19. The summed E-state index contributed by atoms with van der Waals surface area (Å²) in [6.07, 6.45) is 3.80. The number of carboxylic acids is 1. The molecule has 0 saturated heterocycles. The number of nitrogens with zero attached hydrogens (tertiary/aromatic N) is 2. The zero-order valence-corrected chi connectivity index (χ0v) is 24.0. The lowest BCUT2D eigenvalue weighted by molar-refractivity contribution is -0.139. The van der Waals surface area contributed by atoms with Crippen molar-refractivity contribution in [3.63, 3.8) is 0 Å². The molecule has 3 aromatic carbocycles. The van der Waals surface area contributed by atoms with Crippen LogP contribution in [0.3, 0.4) is 0 Å². The van der Waals surface area contributed by atoms with Gasteiger partial charge in [-0.1, -0.05) is 102 Å². The van der Waals surface area contributed by atoms with Gasteiger partial charge in [0.15, 0.2) is 5.82 Å². The van der Waals surface area contributed by atoms with Crippen molar-refractivity contribution in [3.8, 4) is 22.5 Å². The number of carbonyl (C=O) groups excluding carboxylic acids is 1. The molecule has 0 aliphatic rings. The van der Waals surface area contributed by atoms with Crippen LogP contribution in [0.5, 0.6) is 0 Å². The summed E-state index contributed by atoms with van der Waals surface area (Å²) in [5.74, 6) is -0.909. The van der Waals surface area contributed by atoms with E-state index in [4.69, 9.17) is 0 Å². The maximum absolute atomic E-state index is 12.8. The van der Waals surface area contributed by atoms with Gasteiger partial charge < -0.3 is 10.4 Å². The van der Waals surface area contributed by atoms with Crippen LogP contribution in [0.4, 0.5) is 0 Å². The highest BCUT2D eigenvalue weighted by Crippen LogP contribution is 2.28.